The zero-order valence-electron chi connectivity index (χ0n) is 25.0. The first-order valence-electron chi connectivity index (χ1n) is 13.3. The van der Waals surface area contributed by atoms with Crippen LogP contribution in [0.4, 0.5) is 0 Å². The van der Waals surface area contributed by atoms with Crippen LogP contribution in [-0.4, -0.2) is 33.1 Å². The van der Waals surface area contributed by atoms with Crippen LogP contribution >= 0.6 is 0 Å². The fraction of sp³-hybridized carbons (Fsp3) is 0.625. The largest absolute Gasteiger partial charge is 0.413 e. The summed E-state index contributed by atoms with van der Waals surface area (Å²) in [6.45, 7) is 20.2. The van der Waals surface area contributed by atoms with E-state index in [9.17, 15) is 0 Å². The van der Waals surface area contributed by atoms with Crippen LogP contribution in [0.25, 0.3) is 0 Å². The third-order valence-electron chi connectivity index (χ3n) is 5.60. The molecular formula is C32H54O4. The lowest BCUT2D eigenvalue weighted by atomic mass is 10.1. The summed E-state index contributed by atoms with van der Waals surface area (Å²) >= 11 is 0. The minimum absolute atomic E-state index is 0.348. The molecule has 0 amide bonds. The second kappa shape index (κ2) is 20.4. The van der Waals surface area contributed by atoms with Crippen molar-refractivity contribution in [1.29, 1.82) is 0 Å². The van der Waals surface area contributed by atoms with E-state index in [2.05, 4.69) is 98.8 Å². The van der Waals surface area contributed by atoms with Crippen LogP contribution in [0.5, 0.6) is 0 Å². The lowest BCUT2D eigenvalue weighted by Gasteiger charge is -2.30. The van der Waals surface area contributed by atoms with Gasteiger partial charge in [0.05, 0.1) is 19.8 Å². The standard InChI is InChI=1S/C32H54O4/c1-26(2)14-11-17-29(7)20-23-34-32(33-10,35-24-21-30(8)18-12-15-27(3)4)36-25-22-31(9)19-13-16-28(5)6/h14-16,20-22H,11-13,17-19,23-25H2,1-10H3/b29-20+,30-21+,31-22+. The van der Waals surface area contributed by atoms with Gasteiger partial charge in [-0.3, -0.25) is 14.2 Å². The van der Waals surface area contributed by atoms with Crippen LogP contribution in [0.2, 0.25) is 0 Å². The highest BCUT2D eigenvalue weighted by Gasteiger charge is 2.33. The Kier molecular flexibility index (Phi) is 19.4. The van der Waals surface area contributed by atoms with Gasteiger partial charge in [-0.15, -0.1) is 0 Å². The summed E-state index contributed by atoms with van der Waals surface area (Å²) in [5.74, 6) is 0. The van der Waals surface area contributed by atoms with Gasteiger partial charge in [0, 0.05) is 7.11 Å². The van der Waals surface area contributed by atoms with Gasteiger partial charge in [-0.1, -0.05) is 69.9 Å². The minimum Gasteiger partial charge on any atom is -0.307 e. The van der Waals surface area contributed by atoms with Crippen molar-refractivity contribution < 1.29 is 18.9 Å². The maximum atomic E-state index is 6.03. The maximum Gasteiger partial charge on any atom is 0.413 e. The molecule has 0 aliphatic carbocycles. The molecule has 0 aromatic heterocycles. The van der Waals surface area contributed by atoms with E-state index in [4.69, 9.17) is 18.9 Å². The van der Waals surface area contributed by atoms with Crippen molar-refractivity contribution in [3.63, 3.8) is 0 Å². The summed E-state index contributed by atoms with van der Waals surface area (Å²) in [5, 5.41) is 0. The van der Waals surface area contributed by atoms with Gasteiger partial charge >= 0.3 is 6.16 Å². The Morgan fingerprint density at radius 3 is 0.972 bits per heavy atom. The molecule has 4 heteroatoms. The lowest BCUT2D eigenvalue weighted by molar-refractivity contribution is -0.485. The van der Waals surface area contributed by atoms with Gasteiger partial charge in [0.2, 0.25) is 0 Å². The Labute approximate surface area is 222 Å². The van der Waals surface area contributed by atoms with Gasteiger partial charge in [0.1, 0.15) is 0 Å². The van der Waals surface area contributed by atoms with E-state index >= 15 is 0 Å². The normalized spacial score (nSPS) is 13.0. The predicted molar refractivity (Wildman–Crippen MR) is 155 cm³/mol. The number of rotatable bonds is 19. The molecule has 0 fully saturated rings. The van der Waals surface area contributed by atoms with Crippen LogP contribution in [0, 0.1) is 0 Å². The van der Waals surface area contributed by atoms with Gasteiger partial charge in [-0.05, 0) is 101 Å². The van der Waals surface area contributed by atoms with E-state index in [1.165, 1.54) is 33.4 Å². The molecule has 0 unspecified atom stereocenters. The summed E-state index contributed by atoms with van der Waals surface area (Å²) in [6, 6.07) is 0. The summed E-state index contributed by atoms with van der Waals surface area (Å²) in [5.41, 5.74) is 7.82. The Morgan fingerprint density at radius 2 is 0.750 bits per heavy atom. The smallest absolute Gasteiger partial charge is 0.307 e. The van der Waals surface area contributed by atoms with Gasteiger partial charge in [0.25, 0.3) is 0 Å². The molecule has 0 atom stereocenters. The topological polar surface area (TPSA) is 36.9 Å². The molecule has 0 saturated heterocycles. The molecule has 0 aliphatic heterocycles. The first kappa shape index (κ1) is 34.3. The number of hydrogen-bond donors (Lipinski definition) is 0. The van der Waals surface area contributed by atoms with Gasteiger partial charge in [-0.2, -0.15) is 0 Å². The van der Waals surface area contributed by atoms with Gasteiger partial charge < -0.3 is 4.74 Å². The highest BCUT2D eigenvalue weighted by Crippen LogP contribution is 2.19. The molecule has 0 N–H and O–H groups in total. The van der Waals surface area contributed by atoms with Crippen LogP contribution in [-0.2, 0) is 18.9 Å². The SMILES string of the molecule is COC(OC/C=C(\C)CCC=C(C)C)(OC/C=C(\C)CCC=C(C)C)OC/C=C(\C)CCC=C(C)C. The summed E-state index contributed by atoms with van der Waals surface area (Å²) in [6.07, 6.45) is 17.5. The van der Waals surface area contributed by atoms with Crippen LogP contribution < -0.4 is 0 Å². The van der Waals surface area contributed by atoms with Crippen molar-refractivity contribution in [1.82, 2.24) is 0 Å². The molecule has 0 radical (unpaired) electrons. The van der Waals surface area contributed by atoms with E-state index in [1.54, 1.807) is 7.11 Å². The van der Waals surface area contributed by atoms with Crippen molar-refractivity contribution >= 4 is 0 Å². The molecule has 0 saturated carbocycles. The Hall–Kier alpha value is -1.72. The first-order chi connectivity index (χ1) is 17.0. The maximum absolute atomic E-state index is 6.03. The van der Waals surface area contributed by atoms with E-state index in [0.717, 1.165) is 38.5 Å². The molecule has 0 aromatic carbocycles. The Bertz CT molecular complexity index is 678. The molecule has 0 rings (SSSR count). The van der Waals surface area contributed by atoms with Gasteiger partial charge in [-0.25, -0.2) is 0 Å². The second-order valence-corrected chi connectivity index (χ2v) is 10.2. The minimum atomic E-state index is -1.55. The zero-order valence-corrected chi connectivity index (χ0v) is 25.0. The van der Waals surface area contributed by atoms with Gasteiger partial charge in [0.15, 0.2) is 0 Å². The average molecular weight is 503 g/mol. The second-order valence-electron chi connectivity index (χ2n) is 10.2. The molecule has 0 heterocycles. The zero-order chi connectivity index (χ0) is 27.4. The third kappa shape index (κ3) is 19.5. The molecule has 0 bridgehead atoms. The first-order valence-corrected chi connectivity index (χ1v) is 13.3. The van der Waals surface area contributed by atoms with Crippen LogP contribution in [0.3, 0.4) is 0 Å². The highest BCUT2D eigenvalue weighted by atomic mass is 17.0. The van der Waals surface area contributed by atoms with Crippen molar-refractivity contribution in [3.05, 3.63) is 69.9 Å². The fourth-order valence-electron chi connectivity index (χ4n) is 3.23. The Morgan fingerprint density at radius 1 is 0.472 bits per heavy atom. The molecule has 0 spiro atoms. The molecule has 36 heavy (non-hydrogen) atoms. The Balaban J connectivity index is 5.19. The molecular weight excluding hydrogens is 448 g/mol. The van der Waals surface area contributed by atoms with Crippen molar-refractivity contribution in [2.24, 2.45) is 0 Å². The molecule has 4 nitrogen and oxygen atoms in total. The van der Waals surface area contributed by atoms with Crippen LogP contribution in [0.15, 0.2) is 69.9 Å². The number of methoxy groups -OCH3 is 1. The fourth-order valence-corrected chi connectivity index (χ4v) is 3.23. The van der Waals surface area contributed by atoms with E-state index in [1.807, 2.05) is 0 Å². The number of hydrogen-bond acceptors (Lipinski definition) is 4. The molecule has 0 aliphatic rings. The highest BCUT2D eigenvalue weighted by molar-refractivity contribution is 5.04. The van der Waals surface area contributed by atoms with E-state index < -0.39 is 6.16 Å². The third-order valence-corrected chi connectivity index (χ3v) is 5.60. The quantitative estimate of drug-likeness (QED) is 0.130. The van der Waals surface area contributed by atoms with E-state index in [0.29, 0.717) is 19.8 Å². The summed E-state index contributed by atoms with van der Waals surface area (Å²) in [7, 11) is 1.56. The predicted octanol–water partition coefficient (Wildman–Crippen LogP) is 9.37. The lowest BCUT2D eigenvalue weighted by Crippen LogP contribution is -2.41. The van der Waals surface area contributed by atoms with Crippen molar-refractivity contribution in [2.75, 3.05) is 26.9 Å². The van der Waals surface area contributed by atoms with Crippen molar-refractivity contribution in [3.8, 4) is 0 Å². The number of allylic oxidation sites excluding steroid dienone is 9. The monoisotopic (exact) mass is 502 g/mol. The average Bonchev–Trinajstić information content (AvgIpc) is 2.78. The molecule has 206 valence electrons. The number of ether oxygens (including phenoxy) is 4. The van der Waals surface area contributed by atoms with E-state index in [-0.39, 0.29) is 0 Å². The van der Waals surface area contributed by atoms with Crippen molar-refractivity contribution in [2.45, 2.75) is 107 Å². The van der Waals surface area contributed by atoms with Crippen LogP contribution in [0.1, 0.15) is 101 Å². The summed E-state index contributed by atoms with van der Waals surface area (Å²) < 4.78 is 23.7. The summed E-state index contributed by atoms with van der Waals surface area (Å²) in [4.78, 5) is 0. The molecule has 0 aromatic rings.